The van der Waals surface area contributed by atoms with E-state index in [4.69, 9.17) is 4.42 Å². The molecule has 5 nitrogen and oxygen atoms in total. The van der Waals surface area contributed by atoms with Crippen molar-refractivity contribution < 1.29 is 12.8 Å². The summed E-state index contributed by atoms with van der Waals surface area (Å²) in [5, 5.41) is 4.40. The Morgan fingerprint density at radius 1 is 1.08 bits per heavy atom. The van der Waals surface area contributed by atoms with Gasteiger partial charge in [0.05, 0.1) is 18.0 Å². The summed E-state index contributed by atoms with van der Waals surface area (Å²) >= 11 is 0. The van der Waals surface area contributed by atoms with E-state index in [0.717, 1.165) is 34.2 Å². The van der Waals surface area contributed by atoms with Crippen molar-refractivity contribution in [3.63, 3.8) is 0 Å². The highest BCUT2D eigenvalue weighted by Gasteiger charge is 2.12. The van der Waals surface area contributed by atoms with E-state index in [0.29, 0.717) is 5.69 Å². The zero-order valence-corrected chi connectivity index (χ0v) is 14.6. The number of para-hydroxylation sites is 1. The van der Waals surface area contributed by atoms with Crippen LogP contribution in [0.2, 0.25) is 0 Å². The molecular formula is C18H20N2O3S. The van der Waals surface area contributed by atoms with Gasteiger partial charge < -0.3 is 9.73 Å². The normalized spacial score (nSPS) is 13.0. The summed E-state index contributed by atoms with van der Waals surface area (Å²) in [5.74, 6) is 0.828. The first kappa shape index (κ1) is 16.4. The van der Waals surface area contributed by atoms with Crippen LogP contribution in [0.25, 0.3) is 11.0 Å². The number of hydrogen-bond donors (Lipinski definition) is 2. The summed E-state index contributed by atoms with van der Waals surface area (Å²) in [6.07, 6.45) is 1.14. The van der Waals surface area contributed by atoms with Gasteiger partial charge in [-0.15, -0.1) is 0 Å². The van der Waals surface area contributed by atoms with Gasteiger partial charge in [-0.25, -0.2) is 8.42 Å². The second-order valence-electron chi connectivity index (χ2n) is 5.96. The van der Waals surface area contributed by atoms with Gasteiger partial charge in [-0.05, 0) is 43.7 Å². The topological polar surface area (TPSA) is 71.3 Å². The molecule has 0 fully saturated rings. The fourth-order valence-corrected chi connectivity index (χ4v) is 3.18. The van der Waals surface area contributed by atoms with Crippen molar-refractivity contribution in [3.8, 4) is 0 Å². The van der Waals surface area contributed by atoms with E-state index in [1.807, 2.05) is 56.3 Å². The first-order valence-electron chi connectivity index (χ1n) is 7.65. The molecule has 126 valence electrons. The molecular weight excluding hydrogens is 324 g/mol. The molecule has 0 aliphatic heterocycles. The molecule has 6 heteroatoms. The first-order valence-corrected chi connectivity index (χ1v) is 9.54. The van der Waals surface area contributed by atoms with E-state index in [2.05, 4.69) is 10.0 Å². The van der Waals surface area contributed by atoms with Crippen molar-refractivity contribution in [3.05, 3.63) is 59.9 Å². The Balaban J connectivity index is 1.83. The summed E-state index contributed by atoms with van der Waals surface area (Å²) in [5.41, 5.74) is 3.10. The number of fused-ring (bicyclic) bond motifs is 1. The van der Waals surface area contributed by atoms with Gasteiger partial charge >= 0.3 is 0 Å². The molecule has 0 saturated carbocycles. The Morgan fingerprint density at radius 2 is 1.83 bits per heavy atom. The number of benzene rings is 2. The Kier molecular flexibility index (Phi) is 4.24. The Labute approximate surface area is 141 Å². The quantitative estimate of drug-likeness (QED) is 0.724. The van der Waals surface area contributed by atoms with Crippen LogP contribution in [-0.2, 0) is 10.0 Å². The lowest BCUT2D eigenvalue weighted by molar-refractivity contribution is 0.526. The molecule has 0 unspecified atom stereocenters. The molecule has 0 spiro atoms. The molecule has 3 rings (SSSR count). The summed E-state index contributed by atoms with van der Waals surface area (Å²) in [4.78, 5) is 0. The third-order valence-corrected chi connectivity index (χ3v) is 4.38. The minimum Gasteiger partial charge on any atom is -0.459 e. The van der Waals surface area contributed by atoms with Gasteiger partial charge in [0.1, 0.15) is 11.3 Å². The maximum atomic E-state index is 11.5. The molecule has 0 aliphatic carbocycles. The highest BCUT2D eigenvalue weighted by Crippen LogP contribution is 2.28. The van der Waals surface area contributed by atoms with Crippen LogP contribution in [0.4, 0.5) is 11.4 Å². The molecule has 1 heterocycles. The van der Waals surface area contributed by atoms with Crippen molar-refractivity contribution in [2.75, 3.05) is 16.3 Å². The number of sulfonamides is 1. The molecule has 2 aromatic carbocycles. The highest BCUT2D eigenvalue weighted by atomic mass is 32.2. The molecule has 0 bridgehead atoms. The Bertz CT molecular complexity index is 944. The van der Waals surface area contributed by atoms with Gasteiger partial charge in [0.2, 0.25) is 10.0 Å². The number of rotatable bonds is 5. The summed E-state index contributed by atoms with van der Waals surface area (Å²) in [6, 6.07) is 15.4. The average molecular weight is 344 g/mol. The fourth-order valence-electron chi connectivity index (χ4n) is 2.56. The summed E-state index contributed by atoms with van der Waals surface area (Å²) < 4.78 is 31.3. The molecule has 0 amide bonds. The van der Waals surface area contributed by atoms with E-state index in [9.17, 15) is 8.42 Å². The summed E-state index contributed by atoms with van der Waals surface area (Å²) in [6.45, 7) is 3.86. The maximum Gasteiger partial charge on any atom is 0.229 e. The number of anilines is 2. The SMILES string of the molecule is Cc1ccc(N[C@H](C)c2cc3ccccc3o2)cc1NS(C)(=O)=O. The van der Waals surface area contributed by atoms with E-state index in [1.165, 1.54) is 0 Å². The summed E-state index contributed by atoms with van der Waals surface area (Å²) in [7, 11) is -3.31. The molecule has 0 saturated heterocycles. The van der Waals surface area contributed by atoms with Crippen LogP contribution in [0.15, 0.2) is 52.9 Å². The van der Waals surface area contributed by atoms with Crippen LogP contribution in [0.3, 0.4) is 0 Å². The van der Waals surface area contributed by atoms with Gasteiger partial charge in [0.25, 0.3) is 0 Å². The van der Waals surface area contributed by atoms with Crippen LogP contribution >= 0.6 is 0 Å². The van der Waals surface area contributed by atoms with Crippen molar-refractivity contribution in [1.82, 2.24) is 0 Å². The molecule has 2 N–H and O–H groups in total. The zero-order chi connectivity index (χ0) is 17.3. The zero-order valence-electron chi connectivity index (χ0n) is 13.8. The van der Waals surface area contributed by atoms with Gasteiger partial charge in [0, 0.05) is 11.1 Å². The molecule has 1 atom stereocenters. The Hall–Kier alpha value is -2.47. The molecule has 0 aliphatic rings. The maximum absolute atomic E-state index is 11.5. The number of nitrogens with one attached hydrogen (secondary N) is 2. The molecule has 1 aromatic heterocycles. The van der Waals surface area contributed by atoms with E-state index >= 15 is 0 Å². The lowest BCUT2D eigenvalue weighted by Gasteiger charge is -2.15. The lowest BCUT2D eigenvalue weighted by Crippen LogP contribution is -2.11. The smallest absolute Gasteiger partial charge is 0.229 e. The Morgan fingerprint density at radius 3 is 2.54 bits per heavy atom. The largest absolute Gasteiger partial charge is 0.459 e. The van der Waals surface area contributed by atoms with E-state index in [-0.39, 0.29) is 6.04 Å². The number of aryl methyl sites for hydroxylation is 1. The fraction of sp³-hybridized carbons (Fsp3) is 0.222. The second kappa shape index (κ2) is 6.20. The minimum absolute atomic E-state index is 0.0498. The van der Waals surface area contributed by atoms with E-state index < -0.39 is 10.0 Å². The van der Waals surface area contributed by atoms with Crippen molar-refractivity contribution in [1.29, 1.82) is 0 Å². The van der Waals surface area contributed by atoms with Gasteiger partial charge in [-0.2, -0.15) is 0 Å². The average Bonchev–Trinajstić information content (AvgIpc) is 2.93. The molecule has 24 heavy (non-hydrogen) atoms. The van der Waals surface area contributed by atoms with Crippen molar-refractivity contribution >= 4 is 32.4 Å². The predicted octanol–water partition coefficient (Wildman–Crippen LogP) is 4.29. The van der Waals surface area contributed by atoms with Crippen LogP contribution in [-0.4, -0.2) is 14.7 Å². The molecule has 0 radical (unpaired) electrons. The van der Waals surface area contributed by atoms with Crippen LogP contribution in [0.5, 0.6) is 0 Å². The highest BCUT2D eigenvalue weighted by molar-refractivity contribution is 7.92. The van der Waals surface area contributed by atoms with Gasteiger partial charge in [-0.1, -0.05) is 24.3 Å². The third kappa shape index (κ3) is 3.71. The van der Waals surface area contributed by atoms with Crippen LogP contribution in [0.1, 0.15) is 24.3 Å². The minimum atomic E-state index is -3.31. The lowest BCUT2D eigenvalue weighted by atomic mass is 10.1. The molecule has 3 aromatic rings. The van der Waals surface area contributed by atoms with Crippen LogP contribution in [0, 0.1) is 6.92 Å². The second-order valence-corrected chi connectivity index (χ2v) is 7.71. The van der Waals surface area contributed by atoms with E-state index in [1.54, 1.807) is 6.07 Å². The monoisotopic (exact) mass is 344 g/mol. The van der Waals surface area contributed by atoms with Crippen LogP contribution < -0.4 is 10.0 Å². The van der Waals surface area contributed by atoms with Gasteiger partial charge in [0.15, 0.2) is 0 Å². The van der Waals surface area contributed by atoms with Gasteiger partial charge in [-0.3, -0.25) is 4.72 Å². The first-order chi connectivity index (χ1) is 11.3. The van der Waals surface area contributed by atoms with Crippen molar-refractivity contribution in [2.24, 2.45) is 0 Å². The number of hydrogen-bond acceptors (Lipinski definition) is 4. The third-order valence-electron chi connectivity index (χ3n) is 3.79. The number of furan rings is 1. The predicted molar refractivity (Wildman–Crippen MR) is 97.9 cm³/mol. The van der Waals surface area contributed by atoms with Crippen molar-refractivity contribution in [2.45, 2.75) is 19.9 Å². The standard InChI is InChI=1S/C18H20N2O3S/c1-12-8-9-15(11-16(12)20-24(3,21)22)19-13(2)18-10-14-6-4-5-7-17(14)23-18/h4-11,13,19-20H,1-3H3/t13-/m1/s1.